The Labute approximate surface area is 78.3 Å². The number of ether oxygens (including phenoxy) is 1. The molecular formula is C9H15N3O. The molecule has 0 spiro atoms. The summed E-state index contributed by atoms with van der Waals surface area (Å²) in [7, 11) is 1.71. The Morgan fingerprint density at radius 2 is 2.46 bits per heavy atom. The van der Waals surface area contributed by atoms with Crippen molar-refractivity contribution in [2.45, 2.75) is 6.92 Å². The molecule has 0 aliphatic carbocycles. The summed E-state index contributed by atoms with van der Waals surface area (Å²) < 4.78 is 5.02. The lowest BCUT2D eigenvalue weighted by atomic mass is 10.2. The molecule has 1 N–H and O–H groups in total. The first-order valence-electron chi connectivity index (χ1n) is 4.33. The van der Waals surface area contributed by atoms with Gasteiger partial charge in [-0.15, -0.1) is 5.10 Å². The Morgan fingerprint density at radius 1 is 1.62 bits per heavy atom. The third-order valence-corrected chi connectivity index (χ3v) is 1.66. The zero-order valence-corrected chi connectivity index (χ0v) is 8.03. The van der Waals surface area contributed by atoms with Crippen LogP contribution in [-0.2, 0) is 4.74 Å². The number of rotatable bonds is 5. The topological polar surface area (TPSA) is 47.0 Å². The maximum atomic E-state index is 5.02. The maximum absolute atomic E-state index is 5.02. The van der Waals surface area contributed by atoms with Crippen molar-refractivity contribution in [3.8, 4) is 0 Å². The van der Waals surface area contributed by atoms with Crippen LogP contribution in [0.15, 0.2) is 18.3 Å². The summed E-state index contributed by atoms with van der Waals surface area (Å²) in [6.07, 6.45) is 1.66. The van der Waals surface area contributed by atoms with Gasteiger partial charge in [-0.2, -0.15) is 5.10 Å². The van der Waals surface area contributed by atoms with E-state index in [1.165, 1.54) is 0 Å². The Morgan fingerprint density at radius 3 is 3.08 bits per heavy atom. The smallest absolute Gasteiger partial charge is 0.148 e. The van der Waals surface area contributed by atoms with Crippen molar-refractivity contribution in [1.82, 2.24) is 10.2 Å². The van der Waals surface area contributed by atoms with Crippen LogP contribution in [0.1, 0.15) is 6.92 Å². The van der Waals surface area contributed by atoms with Gasteiger partial charge in [-0.1, -0.05) is 6.92 Å². The highest BCUT2D eigenvalue weighted by Gasteiger charge is 2.00. The second-order valence-corrected chi connectivity index (χ2v) is 3.05. The molecule has 0 aliphatic rings. The van der Waals surface area contributed by atoms with Crippen molar-refractivity contribution in [1.29, 1.82) is 0 Å². The fraction of sp³-hybridized carbons (Fsp3) is 0.556. The third kappa shape index (κ3) is 3.85. The summed E-state index contributed by atoms with van der Waals surface area (Å²) in [4.78, 5) is 0. The molecule has 0 saturated carbocycles. The standard InChI is InChI=1S/C9H15N3O/c1-8(7-13-2)6-10-9-4-3-5-11-12-9/h3-5,8H,6-7H2,1-2H3,(H,10,12). The van der Waals surface area contributed by atoms with Gasteiger partial charge in [0.15, 0.2) is 0 Å². The Hall–Kier alpha value is -1.16. The van der Waals surface area contributed by atoms with E-state index in [4.69, 9.17) is 4.74 Å². The van der Waals surface area contributed by atoms with Gasteiger partial charge in [0.25, 0.3) is 0 Å². The highest BCUT2D eigenvalue weighted by molar-refractivity contribution is 5.31. The van der Waals surface area contributed by atoms with Crippen LogP contribution < -0.4 is 5.32 Å². The van der Waals surface area contributed by atoms with Gasteiger partial charge in [0.1, 0.15) is 5.82 Å². The minimum absolute atomic E-state index is 0.479. The van der Waals surface area contributed by atoms with Gasteiger partial charge < -0.3 is 10.1 Å². The number of nitrogens with zero attached hydrogens (tertiary/aromatic N) is 2. The van der Waals surface area contributed by atoms with Crippen molar-refractivity contribution in [3.63, 3.8) is 0 Å². The third-order valence-electron chi connectivity index (χ3n) is 1.66. The van der Waals surface area contributed by atoms with E-state index in [9.17, 15) is 0 Å². The number of methoxy groups -OCH3 is 1. The number of hydrogen-bond acceptors (Lipinski definition) is 4. The number of nitrogens with one attached hydrogen (secondary N) is 1. The highest BCUT2D eigenvalue weighted by Crippen LogP contribution is 2.01. The lowest BCUT2D eigenvalue weighted by molar-refractivity contribution is 0.164. The molecule has 0 amide bonds. The average Bonchev–Trinajstić information content (AvgIpc) is 2.17. The molecular weight excluding hydrogens is 166 g/mol. The molecule has 0 aromatic carbocycles. The van der Waals surface area contributed by atoms with E-state index in [1.807, 2.05) is 12.1 Å². The molecule has 1 unspecified atom stereocenters. The van der Waals surface area contributed by atoms with Gasteiger partial charge in [-0.25, -0.2) is 0 Å². The summed E-state index contributed by atoms with van der Waals surface area (Å²) in [5, 5.41) is 10.8. The van der Waals surface area contributed by atoms with E-state index >= 15 is 0 Å². The zero-order valence-electron chi connectivity index (χ0n) is 8.03. The lowest BCUT2D eigenvalue weighted by Gasteiger charge is -2.10. The minimum atomic E-state index is 0.479. The summed E-state index contributed by atoms with van der Waals surface area (Å²) in [5.74, 6) is 1.29. The Balaban J connectivity index is 2.27. The van der Waals surface area contributed by atoms with Crippen molar-refractivity contribution >= 4 is 5.82 Å². The predicted octanol–water partition coefficient (Wildman–Crippen LogP) is 1.17. The van der Waals surface area contributed by atoms with Crippen LogP contribution >= 0.6 is 0 Å². The van der Waals surface area contributed by atoms with Gasteiger partial charge in [0.2, 0.25) is 0 Å². The molecule has 0 saturated heterocycles. The second kappa shape index (κ2) is 5.48. The molecule has 0 aliphatic heterocycles. The van der Waals surface area contributed by atoms with Gasteiger partial charge in [-0.05, 0) is 18.1 Å². The second-order valence-electron chi connectivity index (χ2n) is 3.05. The molecule has 13 heavy (non-hydrogen) atoms. The van der Waals surface area contributed by atoms with E-state index in [0.717, 1.165) is 19.0 Å². The molecule has 1 rings (SSSR count). The first-order chi connectivity index (χ1) is 6.33. The van der Waals surface area contributed by atoms with E-state index < -0.39 is 0 Å². The summed E-state index contributed by atoms with van der Waals surface area (Å²) in [6.45, 7) is 3.73. The maximum Gasteiger partial charge on any atom is 0.148 e. The molecule has 1 aromatic rings. The van der Waals surface area contributed by atoms with Crippen molar-refractivity contribution in [3.05, 3.63) is 18.3 Å². The van der Waals surface area contributed by atoms with E-state index in [-0.39, 0.29) is 0 Å². The Bertz CT molecular complexity index is 228. The van der Waals surface area contributed by atoms with E-state index in [2.05, 4.69) is 22.4 Å². The monoisotopic (exact) mass is 181 g/mol. The zero-order chi connectivity index (χ0) is 9.52. The summed E-state index contributed by atoms with van der Waals surface area (Å²) in [6, 6.07) is 3.75. The predicted molar refractivity (Wildman–Crippen MR) is 51.6 cm³/mol. The van der Waals surface area contributed by atoms with Gasteiger partial charge in [0, 0.05) is 19.9 Å². The molecule has 72 valence electrons. The number of hydrogen-bond donors (Lipinski definition) is 1. The van der Waals surface area contributed by atoms with Crippen LogP contribution in [0.4, 0.5) is 5.82 Å². The van der Waals surface area contributed by atoms with Gasteiger partial charge >= 0.3 is 0 Å². The normalized spacial score (nSPS) is 12.5. The van der Waals surface area contributed by atoms with Crippen LogP contribution in [0.5, 0.6) is 0 Å². The van der Waals surface area contributed by atoms with Crippen LogP contribution in [0, 0.1) is 5.92 Å². The first kappa shape index (κ1) is 9.92. The molecule has 0 radical (unpaired) electrons. The van der Waals surface area contributed by atoms with Crippen molar-refractivity contribution in [2.75, 3.05) is 25.6 Å². The molecule has 4 heteroatoms. The fourth-order valence-corrected chi connectivity index (χ4v) is 1.02. The van der Waals surface area contributed by atoms with Crippen LogP contribution in [0.3, 0.4) is 0 Å². The molecule has 1 aromatic heterocycles. The molecule has 4 nitrogen and oxygen atoms in total. The molecule has 0 bridgehead atoms. The van der Waals surface area contributed by atoms with Crippen LogP contribution in [-0.4, -0.2) is 30.5 Å². The molecule has 1 atom stereocenters. The average molecular weight is 181 g/mol. The Kier molecular flexibility index (Phi) is 4.18. The molecule has 0 fully saturated rings. The van der Waals surface area contributed by atoms with Crippen molar-refractivity contribution < 1.29 is 4.74 Å². The first-order valence-corrected chi connectivity index (χ1v) is 4.33. The quantitative estimate of drug-likeness (QED) is 0.740. The fourth-order valence-electron chi connectivity index (χ4n) is 1.02. The van der Waals surface area contributed by atoms with Crippen LogP contribution in [0.2, 0.25) is 0 Å². The van der Waals surface area contributed by atoms with Crippen LogP contribution in [0.25, 0.3) is 0 Å². The lowest BCUT2D eigenvalue weighted by Crippen LogP contribution is -2.16. The highest BCUT2D eigenvalue weighted by atomic mass is 16.5. The number of aromatic nitrogens is 2. The van der Waals surface area contributed by atoms with Gasteiger partial charge in [-0.3, -0.25) is 0 Å². The van der Waals surface area contributed by atoms with E-state index in [1.54, 1.807) is 13.3 Å². The van der Waals surface area contributed by atoms with Crippen molar-refractivity contribution in [2.24, 2.45) is 5.92 Å². The minimum Gasteiger partial charge on any atom is -0.384 e. The SMILES string of the molecule is COCC(C)CNc1cccnn1. The largest absolute Gasteiger partial charge is 0.384 e. The molecule has 1 heterocycles. The summed E-state index contributed by atoms with van der Waals surface area (Å²) >= 11 is 0. The summed E-state index contributed by atoms with van der Waals surface area (Å²) in [5.41, 5.74) is 0. The van der Waals surface area contributed by atoms with E-state index in [0.29, 0.717) is 5.92 Å². The number of anilines is 1. The van der Waals surface area contributed by atoms with Gasteiger partial charge in [0.05, 0.1) is 6.61 Å².